The fraction of sp³-hybridized carbons (Fsp3) is 0.417. The van der Waals surface area contributed by atoms with Gasteiger partial charge in [-0.3, -0.25) is 0 Å². The third-order valence-corrected chi connectivity index (χ3v) is 4.38. The lowest BCUT2D eigenvalue weighted by molar-refractivity contribution is 0.251. The lowest BCUT2D eigenvalue weighted by Crippen LogP contribution is -2.33. The van der Waals surface area contributed by atoms with Crippen LogP contribution >= 0.6 is 0 Å². The molecule has 1 saturated carbocycles. The molecule has 1 aliphatic carbocycles. The number of aliphatic imine (C=N–C) groups is 1. The molecule has 2 rings (SSSR count). The summed E-state index contributed by atoms with van der Waals surface area (Å²) in [7, 11) is -3.30. The number of isocyanates is 1. The van der Waals surface area contributed by atoms with E-state index in [0.29, 0.717) is 18.4 Å². The number of benzene rings is 1. The van der Waals surface area contributed by atoms with Crippen molar-refractivity contribution in [3.05, 3.63) is 29.8 Å². The topological polar surface area (TPSA) is 63.6 Å². The first kappa shape index (κ1) is 12.0. The molecule has 5 heteroatoms. The lowest BCUT2D eigenvalue weighted by Gasteiger charge is -2.38. The van der Waals surface area contributed by atoms with Gasteiger partial charge in [0.15, 0.2) is 9.84 Å². The summed E-state index contributed by atoms with van der Waals surface area (Å²) in [4.78, 5) is 14.6. The van der Waals surface area contributed by atoms with E-state index in [2.05, 4.69) is 4.99 Å². The van der Waals surface area contributed by atoms with Crippen LogP contribution in [-0.2, 0) is 20.2 Å². The maximum absolute atomic E-state index is 11.7. The molecule has 0 spiro atoms. The first-order chi connectivity index (χ1) is 7.99. The molecule has 0 atom stereocenters. The van der Waals surface area contributed by atoms with Crippen LogP contribution in [0.5, 0.6) is 0 Å². The Hall–Kier alpha value is -1.45. The molecule has 4 nitrogen and oxygen atoms in total. The summed E-state index contributed by atoms with van der Waals surface area (Å²) in [5, 5.41) is 0. The quantitative estimate of drug-likeness (QED) is 0.608. The van der Waals surface area contributed by atoms with Crippen molar-refractivity contribution >= 4 is 15.9 Å². The molecule has 17 heavy (non-hydrogen) atoms. The molecule has 1 aromatic rings. The zero-order chi connectivity index (χ0) is 12.5. The Morgan fingerprint density at radius 3 is 2.41 bits per heavy atom. The van der Waals surface area contributed by atoms with E-state index in [1.54, 1.807) is 30.3 Å². The Balaban J connectivity index is 2.63. The van der Waals surface area contributed by atoms with E-state index in [1.807, 2.05) is 0 Å². The summed E-state index contributed by atoms with van der Waals surface area (Å²) < 4.78 is 23.4. The molecule has 1 fully saturated rings. The predicted molar refractivity (Wildman–Crippen MR) is 63.2 cm³/mol. The minimum atomic E-state index is -3.30. The maximum Gasteiger partial charge on any atom is 0.235 e. The monoisotopic (exact) mass is 251 g/mol. The van der Waals surface area contributed by atoms with Crippen LogP contribution in [0.1, 0.15) is 24.8 Å². The molecule has 0 saturated heterocycles. The van der Waals surface area contributed by atoms with Gasteiger partial charge in [0.05, 0.1) is 10.4 Å². The van der Waals surface area contributed by atoms with E-state index < -0.39 is 15.4 Å². The first-order valence-corrected chi connectivity index (χ1v) is 7.27. The Labute approximate surface area is 100 Å². The molecule has 0 unspecified atom stereocenters. The standard InChI is InChI=1S/C12H13NO3S/c1-17(15,16)11-6-3-2-5-10(11)12(13-9-14)7-4-8-12/h2-3,5-6H,4,7-8H2,1H3. The number of carbonyl (C=O) groups excluding carboxylic acids is 1. The van der Waals surface area contributed by atoms with Crippen LogP contribution in [0.15, 0.2) is 34.2 Å². The van der Waals surface area contributed by atoms with Crippen LogP contribution in [-0.4, -0.2) is 20.8 Å². The van der Waals surface area contributed by atoms with E-state index >= 15 is 0 Å². The fourth-order valence-corrected chi connectivity index (χ4v) is 3.20. The van der Waals surface area contributed by atoms with E-state index in [0.717, 1.165) is 6.42 Å². The second-order valence-electron chi connectivity index (χ2n) is 4.36. The van der Waals surface area contributed by atoms with Gasteiger partial charge in [0, 0.05) is 6.26 Å². The molecular weight excluding hydrogens is 238 g/mol. The normalized spacial score (nSPS) is 17.9. The minimum Gasteiger partial charge on any atom is -0.224 e. The van der Waals surface area contributed by atoms with Gasteiger partial charge in [0.25, 0.3) is 0 Å². The van der Waals surface area contributed by atoms with Gasteiger partial charge < -0.3 is 0 Å². The van der Waals surface area contributed by atoms with Gasteiger partial charge in [-0.1, -0.05) is 18.2 Å². The van der Waals surface area contributed by atoms with Gasteiger partial charge in [-0.2, -0.15) is 4.99 Å². The molecule has 0 heterocycles. The van der Waals surface area contributed by atoms with Crippen LogP contribution < -0.4 is 0 Å². The molecule has 0 aromatic heterocycles. The highest BCUT2D eigenvalue weighted by atomic mass is 32.2. The van der Waals surface area contributed by atoms with Crippen LogP contribution in [0.2, 0.25) is 0 Å². The molecule has 0 aliphatic heterocycles. The van der Waals surface area contributed by atoms with Crippen molar-refractivity contribution in [3.8, 4) is 0 Å². The van der Waals surface area contributed by atoms with E-state index in [1.165, 1.54) is 6.26 Å². The third-order valence-electron chi connectivity index (χ3n) is 3.23. The smallest absolute Gasteiger partial charge is 0.224 e. The van der Waals surface area contributed by atoms with Gasteiger partial charge >= 0.3 is 0 Å². The summed E-state index contributed by atoms with van der Waals surface area (Å²) in [6.07, 6.45) is 5.09. The highest BCUT2D eigenvalue weighted by molar-refractivity contribution is 7.90. The summed E-state index contributed by atoms with van der Waals surface area (Å²) in [5.41, 5.74) is -0.0429. The van der Waals surface area contributed by atoms with Crippen LogP contribution in [0, 0.1) is 0 Å². The number of hydrogen-bond donors (Lipinski definition) is 0. The van der Waals surface area contributed by atoms with Crippen molar-refractivity contribution in [2.45, 2.75) is 29.7 Å². The zero-order valence-corrected chi connectivity index (χ0v) is 10.3. The predicted octanol–water partition coefficient (Wildman–Crippen LogP) is 1.81. The third kappa shape index (κ3) is 2.04. The summed E-state index contributed by atoms with van der Waals surface area (Å²) in [6, 6.07) is 6.74. The minimum absolute atomic E-state index is 0.263. The first-order valence-electron chi connectivity index (χ1n) is 5.38. The Morgan fingerprint density at radius 1 is 1.29 bits per heavy atom. The van der Waals surface area contributed by atoms with Gasteiger partial charge in [-0.15, -0.1) is 0 Å². The number of sulfone groups is 1. The molecule has 0 N–H and O–H groups in total. The molecule has 0 amide bonds. The van der Waals surface area contributed by atoms with E-state index in [-0.39, 0.29) is 4.90 Å². The van der Waals surface area contributed by atoms with Crippen LogP contribution in [0.4, 0.5) is 0 Å². The van der Waals surface area contributed by atoms with Crippen LogP contribution in [0.25, 0.3) is 0 Å². The fourth-order valence-electron chi connectivity index (χ4n) is 2.21. The van der Waals surface area contributed by atoms with Crippen molar-refractivity contribution in [2.75, 3.05) is 6.26 Å². The maximum atomic E-state index is 11.7. The van der Waals surface area contributed by atoms with Crippen molar-refractivity contribution in [2.24, 2.45) is 4.99 Å². The second-order valence-corrected chi connectivity index (χ2v) is 6.34. The SMILES string of the molecule is CS(=O)(=O)c1ccccc1C1(N=C=O)CCC1. The zero-order valence-electron chi connectivity index (χ0n) is 9.51. The van der Waals surface area contributed by atoms with E-state index in [4.69, 9.17) is 0 Å². The molecular formula is C12H13NO3S. The largest absolute Gasteiger partial charge is 0.235 e. The Morgan fingerprint density at radius 2 is 1.94 bits per heavy atom. The summed E-state index contributed by atoms with van der Waals surface area (Å²) in [6.45, 7) is 0. The molecule has 1 aliphatic rings. The molecule has 0 bridgehead atoms. The van der Waals surface area contributed by atoms with Gasteiger partial charge in [0.1, 0.15) is 0 Å². The number of rotatable bonds is 3. The van der Waals surface area contributed by atoms with Crippen molar-refractivity contribution < 1.29 is 13.2 Å². The van der Waals surface area contributed by atoms with Crippen molar-refractivity contribution in [1.29, 1.82) is 0 Å². The van der Waals surface area contributed by atoms with Crippen molar-refractivity contribution in [1.82, 2.24) is 0 Å². The average Bonchev–Trinajstić information content (AvgIpc) is 2.22. The average molecular weight is 251 g/mol. The van der Waals surface area contributed by atoms with E-state index in [9.17, 15) is 13.2 Å². The van der Waals surface area contributed by atoms with Crippen molar-refractivity contribution in [3.63, 3.8) is 0 Å². The number of nitrogens with zero attached hydrogens (tertiary/aromatic N) is 1. The van der Waals surface area contributed by atoms with Gasteiger partial charge in [-0.25, -0.2) is 13.2 Å². The van der Waals surface area contributed by atoms with Gasteiger partial charge in [0.2, 0.25) is 6.08 Å². The lowest BCUT2D eigenvalue weighted by atomic mass is 9.72. The highest BCUT2D eigenvalue weighted by Gasteiger charge is 2.41. The van der Waals surface area contributed by atoms with Crippen LogP contribution in [0.3, 0.4) is 0 Å². The Bertz CT molecular complexity index is 582. The molecule has 90 valence electrons. The molecule has 0 radical (unpaired) electrons. The van der Waals surface area contributed by atoms with Gasteiger partial charge in [-0.05, 0) is 30.9 Å². The number of hydrogen-bond acceptors (Lipinski definition) is 4. The highest BCUT2D eigenvalue weighted by Crippen LogP contribution is 2.46. The second kappa shape index (κ2) is 4.09. The molecule has 1 aromatic carbocycles. The summed E-state index contributed by atoms with van der Waals surface area (Å²) in [5.74, 6) is 0. The summed E-state index contributed by atoms with van der Waals surface area (Å²) >= 11 is 0. The Kier molecular flexibility index (Phi) is 2.89.